The third kappa shape index (κ3) is 4.10. The molecule has 0 aromatic heterocycles. The Labute approximate surface area is 104 Å². The van der Waals surface area contributed by atoms with Gasteiger partial charge in [-0.05, 0) is 16.5 Å². The van der Waals surface area contributed by atoms with Crippen LogP contribution in [0.4, 0.5) is 4.79 Å². The predicted octanol–water partition coefficient (Wildman–Crippen LogP) is 2.76. The maximum Gasteiger partial charge on any atom is 0.317 e. The maximum atomic E-state index is 11.4. The highest BCUT2D eigenvalue weighted by Crippen LogP contribution is 2.22. The minimum atomic E-state index is -0.0649. The van der Waals surface area contributed by atoms with Gasteiger partial charge in [0.05, 0.1) is 0 Å². The van der Waals surface area contributed by atoms with Crippen molar-refractivity contribution in [2.24, 2.45) is 0 Å². The molecule has 17 heavy (non-hydrogen) atoms. The van der Waals surface area contributed by atoms with Crippen molar-refractivity contribution in [1.29, 1.82) is 0 Å². The minimum Gasteiger partial charge on any atom is -0.334 e. The average Bonchev–Trinajstić information content (AvgIpc) is 2.25. The Morgan fingerprint density at radius 2 is 1.71 bits per heavy atom. The molecule has 0 saturated carbocycles. The zero-order valence-corrected chi connectivity index (χ0v) is 11.4. The van der Waals surface area contributed by atoms with Crippen molar-refractivity contribution in [3.8, 4) is 0 Å². The number of carbonyl (C=O) groups excluding carboxylic acids is 1. The Kier molecular flexibility index (Phi) is 4.16. The van der Waals surface area contributed by atoms with E-state index in [0.717, 1.165) is 5.56 Å². The third-order valence-corrected chi connectivity index (χ3v) is 2.67. The first-order chi connectivity index (χ1) is 7.80. The van der Waals surface area contributed by atoms with Crippen LogP contribution in [-0.4, -0.2) is 25.0 Å². The van der Waals surface area contributed by atoms with E-state index >= 15 is 0 Å². The lowest BCUT2D eigenvalue weighted by Gasteiger charge is -2.19. The average molecular weight is 234 g/mol. The zero-order chi connectivity index (χ0) is 13.1. The van der Waals surface area contributed by atoms with E-state index in [1.807, 2.05) is 0 Å². The summed E-state index contributed by atoms with van der Waals surface area (Å²) in [5.41, 5.74) is 2.60. The van der Waals surface area contributed by atoms with Crippen LogP contribution in [0.25, 0.3) is 0 Å². The molecule has 0 aliphatic rings. The number of rotatable bonds is 2. The van der Waals surface area contributed by atoms with Crippen LogP contribution in [0.5, 0.6) is 0 Å². The number of hydrogen-bond acceptors (Lipinski definition) is 1. The van der Waals surface area contributed by atoms with Crippen molar-refractivity contribution in [2.45, 2.75) is 32.7 Å². The lowest BCUT2D eigenvalue weighted by Crippen LogP contribution is -2.33. The molecule has 0 radical (unpaired) electrons. The first kappa shape index (κ1) is 13.6. The van der Waals surface area contributed by atoms with Gasteiger partial charge in [-0.2, -0.15) is 0 Å². The number of carbonyl (C=O) groups is 1. The summed E-state index contributed by atoms with van der Waals surface area (Å²) < 4.78 is 0. The van der Waals surface area contributed by atoms with Gasteiger partial charge in [-0.25, -0.2) is 4.79 Å². The highest BCUT2D eigenvalue weighted by Gasteiger charge is 2.12. The number of hydrogen-bond donors (Lipinski definition) is 1. The molecule has 0 unspecified atom stereocenters. The zero-order valence-electron chi connectivity index (χ0n) is 11.4. The normalized spacial score (nSPS) is 11.1. The summed E-state index contributed by atoms with van der Waals surface area (Å²) in [4.78, 5) is 12.9. The van der Waals surface area contributed by atoms with Crippen molar-refractivity contribution >= 4 is 6.03 Å². The SMILES string of the molecule is CN(C)C(=O)NCc1ccc(C(C)(C)C)cc1. The quantitative estimate of drug-likeness (QED) is 0.838. The van der Waals surface area contributed by atoms with Crippen LogP contribution in [-0.2, 0) is 12.0 Å². The van der Waals surface area contributed by atoms with Gasteiger partial charge in [0, 0.05) is 20.6 Å². The Morgan fingerprint density at radius 3 is 2.12 bits per heavy atom. The fourth-order valence-electron chi connectivity index (χ4n) is 1.46. The van der Waals surface area contributed by atoms with Crippen molar-refractivity contribution < 1.29 is 4.79 Å². The van der Waals surface area contributed by atoms with Crippen molar-refractivity contribution in [3.05, 3.63) is 35.4 Å². The van der Waals surface area contributed by atoms with Crippen LogP contribution < -0.4 is 5.32 Å². The molecule has 0 aliphatic heterocycles. The molecule has 1 aromatic carbocycles. The number of urea groups is 1. The molecule has 0 saturated heterocycles. The lowest BCUT2D eigenvalue weighted by atomic mass is 9.87. The Bertz CT molecular complexity index is 374. The monoisotopic (exact) mass is 234 g/mol. The Morgan fingerprint density at radius 1 is 1.18 bits per heavy atom. The van der Waals surface area contributed by atoms with Gasteiger partial charge in [0.1, 0.15) is 0 Å². The second kappa shape index (κ2) is 5.21. The van der Waals surface area contributed by atoms with Crippen LogP contribution in [0, 0.1) is 0 Å². The van der Waals surface area contributed by atoms with E-state index in [4.69, 9.17) is 0 Å². The fourth-order valence-corrected chi connectivity index (χ4v) is 1.46. The molecule has 0 bridgehead atoms. The molecule has 2 amide bonds. The maximum absolute atomic E-state index is 11.4. The van der Waals surface area contributed by atoms with Crippen LogP contribution in [0.3, 0.4) is 0 Å². The summed E-state index contributed by atoms with van der Waals surface area (Å²) in [6, 6.07) is 8.31. The van der Waals surface area contributed by atoms with Crippen LogP contribution in [0.1, 0.15) is 31.9 Å². The molecular formula is C14H22N2O. The van der Waals surface area contributed by atoms with Gasteiger partial charge in [-0.3, -0.25) is 0 Å². The smallest absolute Gasteiger partial charge is 0.317 e. The molecule has 0 aliphatic carbocycles. The van der Waals surface area contributed by atoms with E-state index in [1.165, 1.54) is 10.5 Å². The second-order valence-electron chi connectivity index (χ2n) is 5.50. The predicted molar refractivity (Wildman–Crippen MR) is 71.1 cm³/mol. The molecule has 1 rings (SSSR count). The van der Waals surface area contributed by atoms with E-state index in [-0.39, 0.29) is 11.4 Å². The highest BCUT2D eigenvalue weighted by atomic mass is 16.2. The van der Waals surface area contributed by atoms with E-state index in [2.05, 4.69) is 50.4 Å². The summed E-state index contributed by atoms with van der Waals surface area (Å²) in [6.07, 6.45) is 0. The van der Waals surface area contributed by atoms with Gasteiger partial charge in [0.2, 0.25) is 0 Å². The molecule has 0 atom stereocenters. The van der Waals surface area contributed by atoms with Crippen LogP contribution in [0.15, 0.2) is 24.3 Å². The Balaban J connectivity index is 2.61. The first-order valence-electron chi connectivity index (χ1n) is 5.85. The molecule has 1 aromatic rings. The molecule has 0 spiro atoms. The molecule has 0 fully saturated rings. The molecular weight excluding hydrogens is 212 g/mol. The largest absolute Gasteiger partial charge is 0.334 e. The third-order valence-electron chi connectivity index (χ3n) is 2.67. The van der Waals surface area contributed by atoms with E-state index in [0.29, 0.717) is 6.54 Å². The number of benzene rings is 1. The number of amides is 2. The van der Waals surface area contributed by atoms with Crippen molar-refractivity contribution in [3.63, 3.8) is 0 Å². The molecule has 3 nitrogen and oxygen atoms in total. The standard InChI is InChI=1S/C14H22N2O/c1-14(2,3)12-8-6-11(7-9-12)10-15-13(17)16(4)5/h6-9H,10H2,1-5H3,(H,15,17). The fraction of sp³-hybridized carbons (Fsp3) is 0.500. The first-order valence-corrected chi connectivity index (χ1v) is 5.85. The molecule has 0 heterocycles. The minimum absolute atomic E-state index is 0.0649. The van der Waals surface area contributed by atoms with Crippen molar-refractivity contribution in [2.75, 3.05) is 14.1 Å². The number of nitrogens with one attached hydrogen (secondary N) is 1. The van der Waals surface area contributed by atoms with Gasteiger partial charge >= 0.3 is 6.03 Å². The van der Waals surface area contributed by atoms with Gasteiger partial charge in [0.15, 0.2) is 0 Å². The highest BCUT2D eigenvalue weighted by molar-refractivity contribution is 5.73. The van der Waals surface area contributed by atoms with Gasteiger partial charge < -0.3 is 10.2 Å². The van der Waals surface area contributed by atoms with Gasteiger partial charge in [-0.15, -0.1) is 0 Å². The van der Waals surface area contributed by atoms with Gasteiger partial charge in [0.25, 0.3) is 0 Å². The van der Waals surface area contributed by atoms with Crippen LogP contribution in [0.2, 0.25) is 0 Å². The summed E-state index contributed by atoms with van der Waals surface area (Å²) in [5, 5.41) is 2.84. The van der Waals surface area contributed by atoms with E-state index < -0.39 is 0 Å². The Hall–Kier alpha value is -1.51. The van der Waals surface area contributed by atoms with Crippen LogP contribution >= 0.6 is 0 Å². The van der Waals surface area contributed by atoms with E-state index in [1.54, 1.807) is 14.1 Å². The summed E-state index contributed by atoms with van der Waals surface area (Å²) >= 11 is 0. The summed E-state index contributed by atoms with van der Waals surface area (Å²) in [7, 11) is 3.47. The van der Waals surface area contributed by atoms with Gasteiger partial charge in [-0.1, -0.05) is 45.0 Å². The lowest BCUT2D eigenvalue weighted by molar-refractivity contribution is 0.217. The molecule has 3 heteroatoms. The van der Waals surface area contributed by atoms with E-state index in [9.17, 15) is 4.79 Å². The topological polar surface area (TPSA) is 32.3 Å². The number of nitrogens with zero attached hydrogens (tertiary/aromatic N) is 1. The summed E-state index contributed by atoms with van der Waals surface area (Å²) in [6.45, 7) is 7.14. The van der Waals surface area contributed by atoms with Crippen molar-refractivity contribution in [1.82, 2.24) is 10.2 Å². The second-order valence-corrected chi connectivity index (χ2v) is 5.50. The molecule has 1 N–H and O–H groups in total. The molecule has 94 valence electrons. The summed E-state index contributed by atoms with van der Waals surface area (Å²) in [5.74, 6) is 0.